The molecular weight excluding hydrogens is 278 g/mol. The van der Waals surface area contributed by atoms with Gasteiger partial charge in [0.05, 0.1) is 5.57 Å². The van der Waals surface area contributed by atoms with E-state index in [-0.39, 0.29) is 11.9 Å². The molecule has 0 radical (unpaired) electrons. The van der Waals surface area contributed by atoms with Crippen LogP contribution in [0.4, 0.5) is 0 Å². The second kappa shape index (κ2) is 6.43. The number of likely N-dealkylation sites (tertiary alicyclic amines) is 1. The molecule has 0 N–H and O–H groups in total. The van der Waals surface area contributed by atoms with Gasteiger partial charge in [0.15, 0.2) is 0 Å². The molecule has 0 aromatic rings. The van der Waals surface area contributed by atoms with Crippen molar-refractivity contribution in [2.45, 2.75) is 76.7 Å². The smallest absolute Gasteiger partial charge is 0.335 e. The first-order valence-electron chi connectivity index (χ1n) is 8.88. The topological polar surface area (TPSA) is 46.6 Å². The van der Waals surface area contributed by atoms with Crippen LogP contribution in [0.3, 0.4) is 0 Å². The molecule has 4 nitrogen and oxygen atoms in total. The minimum Gasteiger partial charge on any atom is -0.451 e. The summed E-state index contributed by atoms with van der Waals surface area (Å²) in [4.78, 5) is 27.3. The van der Waals surface area contributed by atoms with Crippen LogP contribution in [-0.4, -0.2) is 35.5 Å². The maximum Gasteiger partial charge on any atom is 0.335 e. The number of nitrogens with zero attached hydrogens (tertiary/aromatic N) is 1. The monoisotopic (exact) mass is 305 g/mol. The van der Waals surface area contributed by atoms with Crippen molar-refractivity contribution in [1.29, 1.82) is 0 Å². The first-order valence-corrected chi connectivity index (χ1v) is 8.88. The SMILES string of the molecule is CC1=C(C(=O)N2CCCCCC2)C2(CCCCCC2)OC1=O. The van der Waals surface area contributed by atoms with Gasteiger partial charge in [-0.3, -0.25) is 4.79 Å². The average molecular weight is 305 g/mol. The van der Waals surface area contributed by atoms with Gasteiger partial charge < -0.3 is 9.64 Å². The highest BCUT2D eigenvalue weighted by Crippen LogP contribution is 2.43. The summed E-state index contributed by atoms with van der Waals surface area (Å²) in [6.45, 7) is 3.41. The molecule has 1 saturated carbocycles. The van der Waals surface area contributed by atoms with Crippen molar-refractivity contribution in [3.8, 4) is 0 Å². The number of amides is 1. The van der Waals surface area contributed by atoms with E-state index in [0.717, 1.165) is 51.6 Å². The molecule has 1 aliphatic carbocycles. The lowest BCUT2D eigenvalue weighted by Gasteiger charge is -2.32. The summed E-state index contributed by atoms with van der Waals surface area (Å²) >= 11 is 0. The van der Waals surface area contributed by atoms with Crippen LogP contribution in [0.5, 0.6) is 0 Å². The second-order valence-corrected chi connectivity index (χ2v) is 7.00. The second-order valence-electron chi connectivity index (χ2n) is 7.00. The summed E-state index contributed by atoms with van der Waals surface area (Å²) < 4.78 is 5.78. The minimum absolute atomic E-state index is 0.0622. The Morgan fingerprint density at radius 1 is 0.955 bits per heavy atom. The van der Waals surface area contributed by atoms with Crippen LogP contribution in [-0.2, 0) is 14.3 Å². The van der Waals surface area contributed by atoms with Crippen LogP contribution in [0.2, 0.25) is 0 Å². The summed E-state index contributed by atoms with van der Waals surface area (Å²) in [5, 5.41) is 0. The molecule has 2 heterocycles. The van der Waals surface area contributed by atoms with E-state index >= 15 is 0 Å². The van der Waals surface area contributed by atoms with Crippen LogP contribution in [0, 0.1) is 0 Å². The molecule has 3 rings (SSSR count). The van der Waals surface area contributed by atoms with E-state index in [1.54, 1.807) is 6.92 Å². The van der Waals surface area contributed by atoms with Gasteiger partial charge in [0.25, 0.3) is 5.91 Å². The first kappa shape index (κ1) is 15.6. The molecule has 2 aliphatic heterocycles. The third-order valence-electron chi connectivity index (χ3n) is 5.44. The number of rotatable bonds is 1. The largest absolute Gasteiger partial charge is 0.451 e. The molecule has 0 aromatic heterocycles. The number of carbonyl (C=O) groups excluding carboxylic acids is 2. The Hall–Kier alpha value is -1.32. The summed E-state index contributed by atoms with van der Waals surface area (Å²) in [6, 6.07) is 0. The molecule has 3 aliphatic rings. The Kier molecular flexibility index (Phi) is 4.55. The number of esters is 1. The molecule has 122 valence electrons. The Morgan fingerprint density at radius 3 is 2.09 bits per heavy atom. The first-order chi connectivity index (χ1) is 10.6. The van der Waals surface area contributed by atoms with Crippen molar-refractivity contribution in [2.75, 3.05) is 13.1 Å². The molecule has 0 bridgehead atoms. The Labute approximate surface area is 132 Å². The molecule has 4 heteroatoms. The molecule has 0 aromatic carbocycles. The van der Waals surface area contributed by atoms with E-state index in [0.29, 0.717) is 11.1 Å². The zero-order valence-corrected chi connectivity index (χ0v) is 13.7. The van der Waals surface area contributed by atoms with Crippen molar-refractivity contribution in [3.63, 3.8) is 0 Å². The van der Waals surface area contributed by atoms with Gasteiger partial charge >= 0.3 is 5.97 Å². The predicted molar refractivity (Wildman–Crippen MR) is 84.3 cm³/mol. The van der Waals surface area contributed by atoms with Crippen LogP contribution in [0.15, 0.2) is 11.1 Å². The molecule has 1 amide bonds. The molecule has 2 fully saturated rings. The highest BCUT2D eigenvalue weighted by molar-refractivity contribution is 6.07. The van der Waals surface area contributed by atoms with Gasteiger partial charge in [-0.2, -0.15) is 0 Å². The lowest BCUT2D eigenvalue weighted by molar-refractivity contribution is -0.148. The lowest BCUT2D eigenvalue weighted by atomic mass is 9.84. The summed E-state index contributed by atoms with van der Waals surface area (Å²) in [5.74, 6) is -0.216. The molecule has 1 saturated heterocycles. The van der Waals surface area contributed by atoms with Crippen LogP contribution >= 0.6 is 0 Å². The van der Waals surface area contributed by atoms with E-state index in [1.165, 1.54) is 25.7 Å². The fourth-order valence-corrected chi connectivity index (χ4v) is 4.19. The van der Waals surface area contributed by atoms with E-state index < -0.39 is 5.60 Å². The Morgan fingerprint density at radius 2 is 1.50 bits per heavy atom. The highest BCUT2D eigenvalue weighted by atomic mass is 16.6. The molecule has 1 spiro atoms. The standard InChI is InChI=1S/C18H27NO3/c1-14-15(16(20)19-12-8-4-5-9-13-19)18(22-17(14)21)10-6-2-3-7-11-18/h2-13H2,1H3. The lowest BCUT2D eigenvalue weighted by Crippen LogP contribution is -2.42. The molecular formula is C18H27NO3. The summed E-state index contributed by atoms with van der Waals surface area (Å²) in [5.41, 5.74) is 0.610. The third kappa shape index (κ3) is 2.80. The van der Waals surface area contributed by atoms with Gasteiger partial charge in [0.1, 0.15) is 5.60 Å². The van der Waals surface area contributed by atoms with Crippen molar-refractivity contribution in [3.05, 3.63) is 11.1 Å². The molecule has 0 unspecified atom stereocenters. The number of carbonyl (C=O) groups is 2. The van der Waals surface area contributed by atoms with Crippen LogP contribution in [0.25, 0.3) is 0 Å². The van der Waals surface area contributed by atoms with Crippen LogP contribution in [0.1, 0.15) is 71.1 Å². The van der Waals surface area contributed by atoms with E-state index in [1.807, 2.05) is 4.90 Å². The Balaban J connectivity index is 1.89. The van der Waals surface area contributed by atoms with Gasteiger partial charge in [-0.05, 0) is 45.4 Å². The normalized spacial score (nSPS) is 25.9. The van der Waals surface area contributed by atoms with Crippen molar-refractivity contribution >= 4 is 11.9 Å². The molecule has 22 heavy (non-hydrogen) atoms. The summed E-state index contributed by atoms with van der Waals surface area (Å²) in [7, 11) is 0. The van der Waals surface area contributed by atoms with Gasteiger partial charge in [-0.25, -0.2) is 4.79 Å². The zero-order chi connectivity index (χ0) is 15.6. The quantitative estimate of drug-likeness (QED) is 0.698. The molecule has 0 atom stereocenters. The third-order valence-corrected chi connectivity index (χ3v) is 5.44. The van der Waals surface area contributed by atoms with Crippen molar-refractivity contribution < 1.29 is 14.3 Å². The maximum atomic E-state index is 13.1. The highest BCUT2D eigenvalue weighted by Gasteiger charge is 2.49. The van der Waals surface area contributed by atoms with E-state index in [4.69, 9.17) is 4.74 Å². The predicted octanol–water partition coefficient (Wildman–Crippen LogP) is 3.36. The zero-order valence-electron chi connectivity index (χ0n) is 13.7. The van der Waals surface area contributed by atoms with Gasteiger partial charge in [-0.1, -0.05) is 25.7 Å². The number of hydrogen-bond donors (Lipinski definition) is 0. The van der Waals surface area contributed by atoms with Crippen molar-refractivity contribution in [1.82, 2.24) is 4.90 Å². The number of hydrogen-bond acceptors (Lipinski definition) is 3. The van der Waals surface area contributed by atoms with Gasteiger partial charge in [0.2, 0.25) is 0 Å². The average Bonchev–Trinajstić information content (AvgIpc) is 2.79. The minimum atomic E-state index is -0.624. The number of ether oxygens (including phenoxy) is 1. The Bertz CT molecular complexity index is 479. The fraction of sp³-hybridized carbons (Fsp3) is 0.778. The maximum absolute atomic E-state index is 13.1. The van der Waals surface area contributed by atoms with Gasteiger partial charge in [0, 0.05) is 18.7 Å². The summed E-state index contributed by atoms with van der Waals surface area (Å²) in [6.07, 6.45) is 10.6. The van der Waals surface area contributed by atoms with Gasteiger partial charge in [-0.15, -0.1) is 0 Å². The fourth-order valence-electron chi connectivity index (χ4n) is 4.19. The van der Waals surface area contributed by atoms with E-state index in [2.05, 4.69) is 0 Å². The van der Waals surface area contributed by atoms with E-state index in [9.17, 15) is 9.59 Å². The van der Waals surface area contributed by atoms with Crippen molar-refractivity contribution in [2.24, 2.45) is 0 Å². The van der Waals surface area contributed by atoms with Crippen LogP contribution < -0.4 is 0 Å².